The third-order valence-corrected chi connectivity index (χ3v) is 5.77. The van der Waals surface area contributed by atoms with Gasteiger partial charge in [-0.3, -0.25) is 9.59 Å². The van der Waals surface area contributed by atoms with Crippen molar-refractivity contribution in [3.8, 4) is 10.6 Å². The zero-order chi connectivity index (χ0) is 18.7. The number of aliphatic carboxylic acids is 1. The molecular formula is C20H24N2O3S. The maximum atomic E-state index is 12.5. The molecule has 1 fully saturated rings. The van der Waals surface area contributed by atoms with Gasteiger partial charge in [-0.2, -0.15) is 0 Å². The molecule has 0 saturated carbocycles. The summed E-state index contributed by atoms with van der Waals surface area (Å²) in [6, 6.07) is 8.38. The predicted octanol–water partition coefficient (Wildman–Crippen LogP) is 3.80. The van der Waals surface area contributed by atoms with E-state index in [2.05, 4.69) is 43.1 Å². The first kappa shape index (κ1) is 18.6. The number of rotatable bonds is 5. The van der Waals surface area contributed by atoms with Gasteiger partial charge in [-0.05, 0) is 24.3 Å². The second-order valence-corrected chi connectivity index (χ2v) is 7.97. The molecule has 0 radical (unpaired) electrons. The molecule has 1 aliphatic heterocycles. The second kappa shape index (κ2) is 7.99. The van der Waals surface area contributed by atoms with Gasteiger partial charge in [0.2, 0.25) is 5.91 Å². The average Bonchev–Trinajstić information content (AvgIpc) is 3.10. The summed E-state index contributed by atoms with van der Waals surface area (Å²) in [5.74, 6) is -0.808. The third-order valence-electron chi connectivity index (χ3n) is 4.83. The molecule has 1 aromatic carbocycles. The second-order valence-electron chi connectivity index (χ2n) is 7.11. The van der Waals surface area contributed by atoms with Gasteiger partial charge in [0, 0.05) is 24.0 Å². The Morgan fingerprint density at radius 3 is 2.69 bits per heavy atom. The number of benzene rings is 1. The Morgan fingerprint density at radius 2 is 2.04 bits per heavy atom. The number of hydrogen-bond donors (Lipinski definition) is 1. The number of aromatic nitrogens is 1. The van der Waals surface area contributed by atoms with Gasteiger partial charge in [0.1, 0.15) is 5.01 Å². The summed E-state index contributed by atoms with van der Waals surface area (Å²) in [5.41, 5.74) is 3.10. The first-order valence-electron chi connectivity index (χ1n) is 8.99. The standard InChI is InChI=1S/C20H24N2O3S/c1-13(2)14-5-7-15(8-6-14)19-21-17(12-26-19)10-18(23)22-9-3-4-16(11-22)20(24)25/h5-8,12-13,16H,3-4,9-11H2,1-2H3,(H,24,25)/t16-/m0/s1. The highest BCUT2D eigenvalue weighted by Gasteiger charge is 2.28. The highest BCUT2D eigenvalue weighted by molar-refractivity contribution is 7.13. The molecule has 1 saturated heterocycles. The number of hydrogen-bond acceptors (Lipinski definition) is 4. The first-order valence-corrected chi connectivity index (χ1v) is 9.87. The van der Waals surface area contributed by atoms with E-state index in [1.807, 2.05) is 5.38 Å². The van der Waals surface area contributed by atoms with Crippen LogP contribution in [0.3, 0.4) is 0 Å². The Bertz CT molecular complexity index is 783. The van der Waals surface area contributed by atoms with E-state index in [0.29, 0.717) is 25.4 Å². The molecule has 2 aromatic rings. The van der Waals surface area contributed by atoms with E-state index in [1.165, 1.54) is 16.9 Å². The lowest BCUT2D eigenvalue weighted by Crippen LogP contribution is -2.43. The van der Waals surface area contributed by atoms with E-state index < -0.39 is 11.9 Å². The number of thiazole rings is 1. The van der Waals surface area contributed by atoms with Crippen molar-refractivity contribution in [2.24, 2.45) is 5.92 Å². The maximum Gasteiger partial charge on any atom is 0.308 e. The number of carboxylic acids is 1. The fourth-order valence-corrected chi connectivity index (χ4v) is 4.03. The van der Waals surface area contributed by atoms with Crippen LogP contribution in [-0.4, -0.2) is 40.0 Å². The molecule has 2 heterocycles. The van der Waals surface area contributed by atoms with Crippen LogP contribution in [0.25, 0.3) is 10.6 Å². The summed E-state index contributed by atoms with van der Waals surface area (Å²) >= 11 is 1.54. The number of carboxylic acid groups (broad SMARTS) is 1. The van der Waals surface area contributed by atoms with Gasteiger partial charge in [-0.25, -0.2) is 4.98 Å². The van der Waals surface area contributed by atoms with Crippen molar-refractivity contribution in [2.45, 2.75) is 39.0 Å². The highest BCUT2D eigenvalue weighted by Crippen LogP contribution is 2.26. The van der Waals surface area contributed by atoms with Crippen molar-refractivity contribution in [2.75, 3.05) is 13.1 Å². The summed E-state index contributed by atoms with van der Waals surface area (Å²) in [6.45, 7) is 5.27. The van der Waals surface area contributed by atoms with Crippen LogP contribution in [0.5, 0.6) is 0 Å². The van der Waals surface area contributed by atoms with Crippen LogP contribution < -0.4 is 0 Å². The molecule has 26 heavy (non-hydrogen) atoms. The molecule has 1 amide bonds. The van der Waals surface area contributed by atoms with Crippen LogP contribution in [0.2, 0.25) is 0 Å². The minimum Gasteiger partial charge on any atom is -0.481 e. The fraction of sp³-hybridized carbons (Fsp3) is 0.450. The lowest BCUT2D eigenvalue weighted by Gasteiger charge is -2.30. The summed E-state index contributed by atoms with van der Waals surface area (Å²) in [7, 11) is 0. The van der Waals surface area contributed by atoms with Gasteiger partial charge >= 0.3 is 5.97 Å². The van der Waals surface area contributed by atoms with Gasteiger partial charge in [0.05, 0.1) is 18.0 Å². The van der Waals surface area contributed by atoms with Gasteiger partial charge in [0.15, 0.2) is 0 Å². The van der Waals surface area contributed by atoms with Crippen LogP contribution in [0.1, 0.15) is 43.9 Å². The van der Waals surface area contributed by atoms with Crippen molar-refractivity contribution < 1.29 is 14.7 Å². The average molecular weight is 372 g/mol. The molecule has 5 nitrogen and oxygen atoms in total. The van der Waals surface area contributed by atoms with Crippen molar-refractivity contribution in [1.82, 2.24) is 9.88 Å². The van der Waals surface area contributed by atoms with E-state index in [9.17, 15) is 9.59 Å². The molecule has 0 spiro atoms. The minimum atomic E-state index is -0.816. The van der Waals surface area contributed by atoms with E-state index in [0.717, 1.165) is 22.7 Å². The van der Waals surface area contributed by atoms with Crippen molar-refractivity contribution in [3.63, 3.8) is 0 Å². The van der Waals surface area contributed by atoms with Crippen molar-refractivity contribution in [1.29, 1.82) is 0 Å². The predicted molar refractivity (Wildman–Crippen MR) is 102 cm³/mol. The number of likely N-dealkylation sites (tertiary alicyclic amines) is 1. The zero-order valence-corrected chi connectivity index (χ0v) is 16.0. The number of carbonyl (C=O) groups excluding carboxylic acids is 1. The van der Waals surface area contributed by atoms with E-state index in [4.69, 9.17) is 5.11 Å². The maximum absolute atomic E-state index is 12.5. The largest absolute Gasteiger partial charge is 0.481 e. The molecule has 1 atom stereocenters. The van der Waals surface area contributed by atoms with E-state index >= 15 is 0 Å². The van der Waals surface area contributed by atoms with Gasteiger partial charge < -0.3 is 10.0 Å². The quantitative estimate of drug-likeness (QED) is 0.867. The third kappa shape index (κ3) is 4.30. The number of carbonyl (C=O) groups is 2. The topological polar surface area (TPSA) is 70.5 Å². The summed E-state index contributed by atoms with van der Waals surface area (Å²) < 4.78 is 0. The number of amides is 1. The molecule has 6 heteroatoms. The van der Waals surface area contributed by atoms with Crippen molar-refractivity contribution in [3.05, 3.63) is 40.9 Å². The molecular weight excluding hydrogens is 348 g/mol. The smallest absolute Gasteiger partial charge is 0.308 e. The molecule has 1 aliphatic rings. The molecule has 1 aromatic heterocycles. The molecule has 138 valence electrons. The SMILES string of the molecule is CC(C)c1ccc(-c2nc(CC(=O)N3CCC[C@H](C(=O)O)C3)cs2)cc1. The van der Waals surface area contributed by atoms with Crippen LogP contribution in [-0.2, 0) is 16.0 Å². The van der Waals surface area contributed by atoms with Gasteiger partial charge in [-0.15, -0.1) is 11.3 Å². The Kier molecular flexibility index (Phi) is 5.71. The van der Waals surface area contributed by atoms with Gasteiger partial charge in [-0.1, -0.05) is 38.1 Å². The Labute approximate surface area is 157 Å². The van der Waals surface area contributed by atoms with E-state index in [-0.39, 0.29) is 12.3 Å². The molecule has 0 unspecified atom stereocenters. The normalized spacial score (nSPS) is 17.5. The van der Waals surface area contributed by atoms with Crippen LogP contribution in [0, 0.1) is 5.92 Å². The van der Waals surface area contributed by atoms with Crippen LogP contribution in [0.15, 0.2) is 29.6 Å². The van der Waals surface area contributed by atoms with Crippen LogP contribution in [0.4, 0.5) is 0 Å². The summed E-state index contributed by atoms with van der Waals surface area (Å²) in [5, 5.41) is 12.0. The Balaban J connectivity index is 1.64. The van der Waals surface area contributed by atoms with Crippen LogP contribution >= 0.6 is 11.3 Å². The Morgan fingerprint density at radius 1 is 1.31 bits per heavy atom. The summed E-state index contributed by atoms with van der Waals surface area (Å²) in [6.07, 6.45) is 1.62. The zero-order valence-electron chi connectivity index (χ0n) is 15.1. The van der Waals surface area contributed by atoms with Crippen molar-refractivity contribution >= 4 is 23.2 Å². The molecule has 0 aliphatic carbocycles. The number of nitrogens with zero attached hydrogens (tertiary/aromatic N) is 2. The summed E-state index contributed by atoms with van der Waals surface area (Å²) in [4.78, 5) is 29.9. The lowest BCUT2D eigenvalue weighted by molar-refractivity contribution is -0.145. The van der Waals surface area contributed by atoms with Gasteiger partial charge in [0.25, 0.3) is 0 Å². The first-order chi connectivity index (χ1) is 12.4. The Hall–Kier alpha value is -2.21. The highest BCUT2D eigenvalue weighted by atomic mass is 32.1. The number of piperidine rings is 1. The fourth-order valence-electron chi connectivity index (χ4n) is 3.20. The lowest BCUT2D eigenvalue weighted by atomic mass is 9.98. The minimum absolute atomic E-state index is 0.0389. The molecule has 3 rings (SSSR count). The molecule has 1 N–H and O–H groups in total. The monoisotopic (exact) mass is 372 g/mol. The van der Waals surface area contributed by atoms with E-state index in [1.54, 1.807) is 4.90 Å². The molecule has 0 bridgehead atoms.